The maximum absolute atomic E-state index is 5.97. The summed E-state index contributed by atoms with van der Waals surface area (Å²) < 4.78 is 17.6. The molecular formula is C18H15NO3. The zero-order chi connectivity index (χ0) is 14.6. The number of ether oxygens (including phenoxy) is 3. The van der Waals surface area contributed by atoms with Crippen LogP contribution in [-0.4, -0.2) is 26.0 Å². The first-order chi connectivity index (χ1) is 10.9. The van der Waals surface area contributed by atoms with Crippen LogP contribution >= 0.6 is 0 Å². The van der Waals surface area contributed by atoms with Crippen molar-refractivity contribution in [3.8, 4) is 17.2 Å². The monoisotopic (exact) mass is 293 g/mol. The zero-order valence-corrected chi connectivity index (χ0v) is 12.0. The molecule has 3 aliphatic rings. The minimum absolute atomic E-state index is 0.295. The lowest BCUT2D eigenvalue weighted by Crippen LogP contribution is -2.28. The van der Waals surface area contributed by atoms with E-state index in [0.29, 0.717) is 19.8 Å². The highest BCUT2D eigenvalue weighted by molar-refractivity contribution is 5.91. The molecule has 3 heterocycles. The van der Waals surface area contributed by atoms with Crippen molar-refractivity contribution < 1.29 is 14.2 Å². The number of hydrogen-bond donors (Lipinski definition) is 0. The molecule has 3 aliphatic heterocycles. The van der Waals surface area contributed by atoms with Gasteiger partial charge in [0.1, 0.15) is 12.4 Å². The van der Waals surface area contributed by atoms with Crippen LogP contribution < -0.4 is 14.2 Å². The number of aliphatic imine (C=N–C) groups is 1. The molecule has 0 fully saturated rings. The van der Waals surface area contributed by atoms with Crippen LogP contribution in [0.5, 0.6) is 17.2 Å². The van der Waals surface area contributed by atoms with Gasteiger partial charge in [-0.25, -0.2) is 0 Å². The van der Waals surface area contributed by atoms with E-state index in [-0.39, 0.29) is 5.41 Å². The highest BCUT2D eigenvalue weighted by Crippen LogP contribution is 2.51. The summed E-state index contributed by atoms with van der Waals surface area (Å²) in [5.41, 5.74) is 3.04. The standard InChI is InChI=1S/C18H15NO3/c1-2-5-14-12(4-1)18(10-19-14)11-22-15-9-17-16(8-13(15)18)20-6-3-7-21-17/h1-2,4-5,8-10H,3,6-7,11H2. The van der Waals surface area contributed by atoms with Crippen molar-refractivity contribution in [2.45, 2.75) is 11.8 Å². The van der Waals surface area contributed by atoms with Crippen LogP contribution in [0, 0.1) is 0 Å². The highest BCUT2D eigenvalue weighted by atomic mass is 16.5. The molecule has 0 amide bonds. The largest absolute Gasteiger partial charge is 0.491 e. The maximum Gasteiger partial charge on any atom is 0.164 e. The summed E-state index contributed by atoms with van der Waals surface area (Å²) in [4.78, 5) is 4.59. The molecule has 0 radical (unpaired) electrons. The first-order valence-corrected chi connectivity index (χ1v) is 7.58. The molecule has 0 saturated carbocycles. The van der Waals surface area contributed by atoms with Gasteiger partial charge in [0, 0.05) is 24.3 Å². The Kier molecular flexibility index (Phi) is 2.34. The van der Waals surface area contributed by atoms with Gasteiger partial charge in [0.25, 0.3) is 0 Å². The fourth-order valence-electron chi connectivity index (χ4n) is 3.47. The van der Waals surface area contributed by atoms with Crippen LogP contribution in [0.4, 0.5) is 5.69 Å². The predicted octanol–water partition coefficient (Wildman–Crippen LogP) is 3.24. The summed E-state index contributed by atoms with van der Waals surface area (Å²) >= 11 is 0. The molecule has 1 atom stereocenters. The number of benzene rings is 2. The maximum atomic E-state index is 5.97. The van der Waals surface area contributed by atoms with Crippen molar-refractivity contribution in [3.63, 3.8) is 0 Å². The Morgan fingerprint density at radius 1 is 0.864 bits per heavy atom. The minimum atomic E-state index is -0.295. The molecule has 2 aromatic carbocycles. The van der Waals surface area contributed by atoms with E-state index < -0.39 is 0 Å². The molecule has 22 heavy (non-hydrogen) atoms. The van der Waals surface area contributed by atoms with Gasteiger partial charge in [-0.2, -0.15) is 0 Å². The van der Waals surface area contributed by atoms with E-state index in [2.05, 4.69) is 23.2 Å². The van der Waals surface area contributed by atoms with E-state index in [1.807, 2.05) is 24.4 Å². The van der Waals surface area contributed by atoms with Gasteiger partial charge < -0.3 is 14.2 Å². The lowest BCUT2D eigenvalue weighted by atomic mass is 9.78. The number of nitrogens with zero attached hydrogens (tertiary/aromatic N) is 1. The predicted molar refractivity (Wildman–Crippen MR) is 82.9 cm³/mol. The van der Waals surface area contributed by atoms with Crippen molar-refractivity contribution in [3.05, 3.63) is 47.5 Å². The smallest absolute Gasteiger partial charge is 0.164 e. The van der Waals surface area contributed by atoms with Crippen molar-refractivity contribution in [2.24, 2.45) is 4.99 Å². The molecule has 4 nitrogen and oxygen atoms in total. The molecule has 0 N–H and O–H groups in total. The molecule has 4 heteroatoms. The molecule has 1 unspecified atom stereocenters. The normalized spacial score (nSPS) is 23.8. The lowest BCUT2D eigenvalue weighted by Gasteiger charge is -2.21. The quantitative estimate of drug-likeness (QED) is 0.748. The fourth-order valence-corrected chi connectivity index (χ4v) is 3.47. The fraction of sp³-hybridized carbons (Fsp3) is 0.278. The van der Waals surface area contributed by atoms with Gasteiger partial charge in [-0.3, -0.25) is 4.99 Å². The summed E-state index contributed by atoms with van der Waals surface area (Å²) in [6, 6.07) is 12.3. The van der Waals surface area contributed by atoms with Crippen LogP contribution in [0.1, 0.15) is 17.5 Å². The molecule has 110 valence electrons. The van der Waals surface area contributed by atoms with Gasteiger partial charge in [0.05, 0.1) is 24.3 Å². The van der Waals surface area contributed by atoms with Crippen molar-refractivity contribution in [2.75, 3.05) is 19.8 Å². The van der Waals surface area contributed by atoms with Gasteiger partial charge in [-0.15, -0.1) is 0 Å². The van der Waals surface area contributed by atoms with E-state index in [1.54, 1.807) is 0 Å². The molecule has 0 saturated heterocycles. The second-order valence-corrected chi connectivity index (χ2v) is 5.88. The average molecular weight is 293 g/mol. The Morgan fingerprint density at radius 2 is 1.68 bits per heavy atom. The molecule has 2 aromatic rings. The van der Waals surface area contributed by atoms with Gasteiger partial charge in [0.2, 0.25) is 0 Å². The summed E-state index contributed by atoms with van der Waals surface area (Å²) in [6.45, 7) is 1.94. The summed E-state index contributed by atoms with van der Waals surface area (Å²) in [6.07, 6.45) is 2.91. The third kappa shape index (κ3) is 1.49. The zero-order valence-electron chi connectivity index (χ0n) is 12.0. The number of hydrogen-bond acceptors (Lipinski definition) is 4. The number of fused-ring (bicyclic) bond motifs is 5. The van der Waals surface area contributed by atoms with Gasteiger partial charge in [-0.1, -0.05) is 18.2 Å². The van der Waals surface area contributed by atoms with E-state index in [0.717, 1.165) is 34.9 Å². The van der Waals surface area contributed by atoms with E-state index in [9.17, 15) is 0 Å². The van der Waals surface area contributed by atoms with Gasteiger partial charge in [0.15, 0.2) is 11.5 Å². The first kappa shape index (κ1) is 12.1. The summed E-state index contributed by atoms with van der Waals surface area (Å²) in [5, 5.41) is 0. The Labute approximate surface area is 128 Å². The van der Waals surface area contributed by atoms with Crippen LogP contribution in [0.3, 0.4) is 0 Å². The van der Waals surface area contributed by atoms with Crippen LogP contribution in [-0.2, 0) is 5.41 Å². The first-order valence-electron chi connectivity index (χ1n) is 7.58. The molecule has 5 rings (SSSR count). The Morgan fingerprint density at radius 3 is 2.59 bits per heavy atom. The second kappa shape index (κ2) is 4.26. The molecule has 0 aliphatic carbocycles. The molecule has 0 bridgehead atoms. The molecule has 1 spiro atoms. The van der Waals surface area contributed by atoms with Crippen LogP contribution in [0.2, 0.25) is 0 Å². The van der Waals surface area contributed by atoms with E-state index in [1.165, 1.54) is 5.56 Å². The van der Waals surface area contributed by atoms with Crippen LogP contribution in [0.15, 0.2) is 41.4 Å². The summed E-state index contributed by atoms with van der Waals surface area (Å²) in [7, 11) is 0. The van der Waals surface area contributed by atoms with Crippen molar-refractivity contribution in [1.82, 2.24) is 0 Å². The summed E-state index contributed by atoms with van der Waals surface area (Å²) in [5.74, 6) is 2.45. The molecule has 0 aromatic heterocycles. The Bertz CT molecular complexity index is 799. The Balaban J connectivity index is 1.70. The lowest BCUT2D eigenvalue weighted by molar-refractivity contribution is 0.295. The van der Waals surface area contributed by atoms with Crippen molar-refractivity contribution >= 4 is 11.9 Å². The topological polar surface area (TPSA) is 40.0 Å². The number of para-hydroxylation sites is 1. The number of rotatable bonds is 0. The van der Waals surface area contributed by atoms with Crippen molar-refractivity contribution in [1.29, 1.82) is 0 Å². The average Bonchev–Trinajstić information content (AvgIpc) is 3.01. The van der Waals surface area contributed by atoms with E-state index in [4.69, 9.17) is 14.2 Å². The second-order valence-electron chi connectivity index (χ2n) is 5.88. The van der Waals surface area contributed by atoms with Gasteiger partial charge >= 0.3 is 0 Å². The highest BCUT2D eigenvalue weighted by Gasteiger charge is 2.46. The van der Waals surface area contributed by atoms with Crippen LogP contribution in [0.25, 0.3) is 0 Å². The SMILES string of the molecule is C1=Nc2ccccc2C12COc1cc3c(cc12)OCCCO3. The minimum Gasteiger partial charge on any atom is -0.491 e. The third-order valence-electron chi connectivity index (χ3n) is 4.59. The van der Waals surface area contributed by atoms with E-state index >= 15 is 0 Å². The van der Waals surface area contributed by atoms with Gasteiger partial charge in [-0.05, 0) is 17.7 Å². The molecular weight excluding hydrogens is 278 g/mol. The Hall–Kier alpha value is -2.49. The third-order valence-corrected chi connectivity index (χ3v) is 4.59.